The quantitative estimate of drug-likeness (QED) is 0.775. The number of carbonyl (C=O) groups excluding carboxylic acids is 1. The van der Waals surface area contributed by atoms with Crippen molar-refractivity contribution in [2.24, 2.45) is 5.73 Å². The van der Waals surface area contributed by atoms with Crippen LogP contribution in [-0.2, 0) is 0 Å². The van der Waals surface area contributed by atoms with Crippen molar-refractivity contribution < 1.29 is 4.79 Å². The maximum atomic E-state index is 10.2. The van der Waals surface area contributed by atoms with Gasteiger partial charge in [-0.1, -0.05) is 36.4 Å². The molecule has 0 unspecified atom stereocenters. The van der Waals surface area contributed by atoms with Crippen molar-refractivity contribution >= 4 is 17.2 Å². The van der Waals surface area contributed by atoms with Crippen LogP contribution < -0.4 is 5.73 Å². The minimum atomic E-state index is -0.458. The van der Waals surface area contributed by atoms with E-state index >= 15 is 0 Å². The summed E-state index contributed by atoms with van der Waals surface area (Å²) in [5, 5.41) is 2.07. The highest BCUT2D eigenvalue weighted by Gasteiger charge is 1.98. The van der Waals surface area contributed by atoms with Crippen LogP contribution in [0, 0.1) is 0 Å². The molecule has 1 heterocycles. The Balaban J connectivity index is 0.000000146. The van der Waals surface area contributed by atoms with Crippen LogP contribution in [0.3, 0.4) is 0 Å². The maximum absolute atomic E-state index is 10.2. The molecule has 0 aliphatic carbocycles. The van der Waals surface area contributed by atoms with Crippen LogP contribution >= 0.6 is 11.3 Å². The first-order valence-corrected chi connectivity index (χ1v) is 4.88. The van der Waals surface area contributed by atoms with Gasteiger partial charge in [0.15, 0.2) is 5.01 Å². The second-order valence-corrected chi connectivity index (χ2v) is 3.25. The number of nitrogens with two attached hydrogens (primary N) is 1. The maximum Gasteiger partial charge on any atom is 0.277 e. The predicted molar refractivity (Wildman–Crippen MR) is 57.1 cm³/mol. The van der Waals surface area contributed by atoms with E-state index in [0.29, 0.717) is 5.01 Å². The van der Waals surface area contributed by atoms with Gasteiger partial charge in [0, 0.05) is 11.6 Å². The summed E-state index contributed by atoms with van der Waals surface area (Å²) in [5.41, 5.74) is 4.87. The molecule has 0 aliphatic heterocycles. The highest BCUT2D eigenvalue weighted by Crippen LogP contribution is 2.00. The highest BCUT2D eigenvalue weighted by molar-refractivity contribution is 7.11. The lowest BCUT2D eigenvalue weighted by Gasteiger charge is -1.78. The number of thiazole rings is 1. The summed E-state index contributed by atoms with van der Waals surface area (Å²) in [5.74, 6) is -0.458. The fourth-order valence-corrected chi connectivity index (χ4v) is 1.22. The van der Waals surface area contributed by atoms with Crippen LogP contribution in [0.25, 0.3) is 0 Å². The number of hydrogen-bond donors (Lipinski definition) is 1. The third-order valence-electron chi connectivity index (χ3n) is 1.31. The lowest BCUT2D eigenvalue weighted by molar-refractivity contribution is 0.1000. The van der Waals surface area contributed by atoms with Crippen molar-refractivity contribution in [3.8, 4) is 0 Å². The van der Waals surface area contributed by atoms with Gasteiger partial charge in [-0.05, 0) is 0 Å². The molecular formula is C10H10N2OS. The van der Waals surface area contributed by atoms with Crippen LogP contribution in [-0.4, -0.2) is 10.9 Å². The van der Waals surface area contributed by atoms with E-state index in [1.165, 1.54) is 11.3 Å². The summed E-state index contributed by atoms with van der Waals surface area (Å²) in [7, 11) is 0. The average Bonchev–Trinajstić information content (AvgIpc) is 2.74. The van der Waals surface area contributed by atoms with E-state index in [4.69, 9.17) is 5.73 Å². The molecule has 0 radical (unpaired) electrons. The molecule has 0 aliphatic rings. The Morgan fingerprint density at radius 2 is 1.64 bits per heavy atom. The number of rotatable bonds is 1. The summed E-state index contributed by atoms with van der Waals surface area (Å²) in [6.07, 6.45) is 1.55. The number of benzene rings is 1. The van der Waals surface area contributed by atoms with Crippen molar-refractivity contribution in [3.05, 3.63) is 53.0 Å². The Labute approximate surface area is 86.2 Å². The average molecular weight is 206 g/mol. The molecule has 1 aromatic heterocycles. The van der Waals surface area contributed by atoms with Gasteiger partial charge in [-0.15, -0.1) is 11.3 Å². The molecule has 0 atom stereocenters. The zero-order valence-corrected chi connectivity index (χ0v) is 8.28. The van der Waals surface area contributed by atoms with Crippen LogP contribution in [0.15, 0.2) is 48.0 Å². The molecule has 0 spiro atoms. The van der Waals surface area contributed by atoms with Crippen LogP contribution in [0.4, 0.5) is 0 Å². The van der Waals surface area contributed by atoms with Crippen molar-refractivity contribution in [1.82, 2.24) is 4.98 Å². The van der Waals surface area contributed by atoms with Crippen molar-refractivity contribution in [1.29, 1.82) is 0 Å². The van der Waals surface area contributed by atoms with Crippen molar-refractivity contribution in [3.63, 3.8) is 0 Å². The number of amides is 1. The van der Waals surface area contributed by atoms with Gasteiger partial charge in [0.2, 0.25) is 0 Å². The normalized spacial score (nSPS) is 8.57. The van der Waals surface area contributed by atoms with Gasteiger partial charge < -0.3 is 5.73 Å². The molecule has 2 rings (SSSR count). The van der Waals surface area contributed by atoms with Crippen molar-refractivity contribution in [2.75, 3.05) is 0 Å². The molecule has 2 aromatic rings. The van der Waals surface area contributed by atoms with Gasteiger partial charge >= 0.3 is 0 Å². The Morgan fingerprint density at radius 1 is 1.14 bits per heavy atom. The first-order valence-electron chi connectivity index (χ1n) is 4.00. The topological polar surface area (TPSA) is 56.0 Å². The molecule has 14 heavy (non-hydrogen) atoms. The molecule has 4 heteroatoms. The number of primary amides is 1. The second-order valence-electron chi connectivity index (χ2n) is 2.36. The standard InChI is InChI=1S/C6H6.C4H4N2OS/c1-2-4-6-5-3-1;5-3(7)4-6-1-2-8-4/h1-6H;1-2H,(H2,5,7). The summed E-state index contributed by atoms with van der Waals surface area (Å²) < 4.78 is 0. The largest absolute Gasteiger partial charge is 0.364 e. The van der Waals surface area contributed by atoms with Crippen LogP contribution in [0.1, 0.15) is 9.80 Å². The molecule has 0 saturated heterocycles. The van der Waals surface area contributed by atoms with E-state index in [0.717, 1.165) is 0 Å². The molecular weight excluding hydrogens is 196 g/mol. The summed E-state index contributed by atoms with van der Waals surface area (Å²) in [6, 6.07) is 12.0. The summed E-state index contributed by atoms with van der Waals surface area (Å²) >= 11 is 1.25. The van der Waals surface area contributed by atoms with Gasteiger partial charge in [0.1, 0.15) is 0 Å². The zero-order chi connectivity index (χ0) is 10.2. The van der Waals surface area contributed by atoms with E-state index in [9.17, 15) is 4.79 Å². The van der Waals surface area contributed by atoms with Gasteiger partial charge in [0.25, 0.3) is 5.91 Å². The van der Waals surface area contributed by atoms with E-state index in [-0.39, 0.29) is 0 Å². The monoisotopic (exact) mass is 206 g/mol. The Morgan fingerprint density at radius 3 is 1.86 bits per heavy atom. The van der Waals surface area contributed by atoms with Gasteiger partial charge in [-0.3, -0.25) is 4.79 Å². The van der Waals surface area contributed by atoms with Crippen LogP contribution in [0.5, 0.6) is 0 Å². The minimum absolute atomic E-state index is 0.366. The lowest BCUT2D eigenvalue weighted by Crippen LogP contribution is -2.09. The van der Waals surface area contributed by atoms with E-state index in [1.54, 1.807) is 11.6 Å². The molecule has 0 saturated carbocycles. The minimum Gasteiger partial charge on any atom is -0.364 e. The van der Waals surface area contributed by atoms with E-state index < -0.39 is 5.91 Å². The number of nitrogens with zero attached hydrogens (tertiary/aromatic N) is 1. The molecule has 0 bridgehead atoms. The predicted octanol–water partition coefficient (Wildman–Crippen LogP) is 1.93. The van der Waals surface area contributed by atoms with Crippen molar-refractivity contribution in [2.45, 2.75) is 0 Å². The molecule has 0 fully saturated rings. The Bertz CT molecular complexity index is 332. The highest BCUT2D eigenvalue weighted by atomic mass is 32.1. The third-order valence-corrected chi connectivity index (χ3v) is 2.10. The van der Waals surface area contributed by atoms with Crippen LogP contribution in [0.2, 0.25) is 0 Å². The first kappa shape index (κ1) is 10.4. The van der Waals surface area contributed by atoms with E-state index in [2.05, 4.69) is 4.98 Å². The molecule has 1 amide bonds. The molecule has 1 aromatic carbocycles. The number of aromatic nitrogens is 1. The van der Waals surface area contributed by atoms with Gasteiger partial charge in [-0.25, -0.2) is 4.98 Å². The fraction of sp³-hybridized carbons (Fsp3) is 0. The number of hydrogen-bond acceptors (Lipinski definition) is 3. The SMILES string of the molecule is NC(=O)c1nccs1.c1ccccc1. The number of carbonyl (C=O) groups is 1. The fourth-order valence-electron chi connectivity index (χ4n) is 0.730. The third kappa shape index (κ3) is 3.82. The second kappa shape index (κ2) is 5.88. The molecule has 3 nitrogen and oxygen atoms in total. The Hall–Kier alpha value is -1.68. The van der Waals surface area contributed by atoms with Gasteiger partial charge in [-0.2, -0.15) is 0 Å². The molecule has 72 valence electrons. The Kier molecular flexibility index (Phi) is 4.37. The molecule has 2 N–H and O–H groups in total. The summed E-state index contributed by atoms with van der Waals surface area (Å²) in [4.78, 5) is 13.9. The smallest absolute Gasteiger partial charge is 0.277 e. The zero-order valence-electron chi connectivity index (χ0n) is 7.46. The first-order chi connectivity index (χ1) is 6.80. The van der Waals surface area contributed by atoms with E-state index in [1.807, 2.05) is 36.4 Å². The summed E-state index contributed by atoms with van der Waals surface area (Å²) in [6.45, 7) is 0. The lowest BCUT2D eigenvalue weighted by atomic mass is 10.4. The van der Waals surface area contributed by atoms with Gasteiger partial charge in [0.05, 0.1) is 0 Å².